The van der Waals surface area contributed by atoms with Crippen LogP contribution < -0.4 is 5.32 Å². The van der Waals surface area contributed by atoms with Gasteiger partial charge in [-0.3, -0.25) is 15.4 Å². The zero-order valence-corrected chi connectivity index (χ0v) is 11.7. The van der Waals surface area contributed by atoms with E-state index < -0.39 is 16.6 Å². The smallest absolute Gasteiger partial charge is 0.412 e. The molecule has 0 atom stereocenters. The summed E-state index contributed by atoms with van der Waals surface area (Å²) in [7, 11) is 0. The number of carbonyl (C=O) groups excluding carboxylic acids is 1. The molecule has 1 aromatic carbocycles. The van der Waals surface area contributed by atoms with Crippen molar-refractivity contribution >= 4 is 11.8 Å². The van der Waals surface area contributed by atoms with Crippen LogP contribution in [0.3, 0.4) is 0 Å². The summed E-state index contributed by atoms with van der Waals surface area (Å²) >= 11 is 0. The normalized spacial score (nSPS) is 10.9. The first-order valence-corrected chi connectivity index (χ1v) is 6.11. The molecule has 0 bridgehead atoms. The van der Waals surface area contributed by atoms with Gasteiger partial charge < -0.3 is 9.84 Å². The van der Waals surface area contributed by atoms with Gasteiger partial charge in [-0.1, -0.05) is 6.07 Å². The van der Waals surface area contributed by atoms with Gasteiger partial charge >= 0.3 is 6.09 Å². The molecule has 2 N–H and O–H groups in total. The van der Waals surface area contributed by atoms with Crippen molar-refractivity contribution < 1.29 is 19.6 Å². The predicted molar refractivity (Wildman–Crippen MR) is 73.5 cm³/mol. The molecule has 0 aliphatic heterocycles. The number of anilines is 1. The number of phenols is 1. The van der Waals surface area contributed by atoms with Crippen molar-refractivity contribution in [3.05, 3.63) is 33.9 Å². The number of rotatable bonds is 4. The second-order valence-electron chi connectivity index (χ2n) is 5.28. The largest absolute Gasteiger partial charge is 0.506 e. The number of carbonyl (C=O) groups is 1. The summed E-state index contributed by atoms with van der Waals surface area (Å²) in [4.78, 5) is 21.5. The van der Waals surface area contributed by atoms with Gasteiger partial charge in [0.05, 0.1) is 5.69 Å². The van der Waals surface area contributed by atoms with E-state index in [1.807, 2.05) is 0 Å². The molecule has 7 nitrogen and oxygen atoms in total. The summed E-state index contributed by atoms with van der Waals surface area (Å²) in [6.07, 6.45) is -0.477. The molecule has 1 amide bonds. The maximum absolute atomic E-state index is 11.6. The number of amides is 1. The van der Waals surface area contributed by atoms with Crippen LogP contribution in [0.5, 0.6) is 5.75 Å². The second-order valence-corrected chi connectivity index (χ2v) is 5.28. The van der Waals surface area contributed by atoms with Crippen molar-refractivity contribution in [2.45, 2.75) is 32.8 Å². The first-order chi connectivity index (χ1) is 9.17. The van der Waals surface area contributed by atoms with E-state index >= 15 is 0 Å². The summed E-state index contributed by atoms with van der Waals surface area (Å²) < 4.78 is 5.07. The van der Waals surface area contributed by atoms with Gasteiger partial charge in [-0.15, -0.1) is 0 Å². The number of hydrogen-bond acceptors (Lipinski definition) is 5. The molecule has 0 saturated carbocycles. The van der Waals surface area contributed by atoms with Crippen LogP contribution in [0.25, 0.3) is 0 Å². The maximum atomic E-state index is 11.6. The highest BCUT2D eigenvalue weighted by atomic mass is 16.6. The molecule has 0 aliphatic rings. The fourth-order valence-corrected chi connectivity index (χ4v) is 1.47. The highest BCUT2D eigenvalue weighted by Crippen LogP contribution is 2.25. The minimum Gasteiger partial charge on any atom is -0.506 e. The van der Waals surface area contributed by atoms with Crippen LogP contribution in [0.1, 0.15) is 26.3 Å². The molecule has 7 heteroatoms. The number of benzene rings is 1. The molecule has 0 fully saturated rings. The van der Waals surface area contributed by atoms with Crippen LogP contribution in [-0.2, 0) is 11.2 Å². The van der Waals surface area contributed by atoms with Gasteiger partial charge in [-0.2, -0.15) is 0 Å². The predicted octanol–water partition coefficient (Wildman–Crippen LogP) is 2.56. The van der Waals surface area contributed by atoms with E-state index in [0.717, 1.165) is 0 Å². The van der Waals surface area contributed by atoms with E-state index in [4.69, 9.17) is 4.74 Å². The molecule has 1 rings (SSSR count). The third-order valence-electron chi connectivity index (χ3n) is 2.28. The van der Waals surface area contributed by atoms with E-state index in [1.54, 1.807) is 26.8 Å². The molecule has 0 aromatic heterocycles. The van der Waals surface area contributed by atoms with Crippen LogP contribution in [0.15, 0.2) is 18.2 Å². The number of nitrogens with one attached hydrogen (secondary N) is 1. The summed E-state index contributed by atoms with van der Waals surface area (Å²) in [5.41, 5.74) is 0.161. The second kappa shape index (κ2) is 6.23. The Labute approximate surface area is 116 Å². The van der Waals surface area contributed by atoms with Crippen molar-refractivity contribution in [3.8, 4) is 5.75 Å². The minimum atomic E-state index is -0.695. The molecular weight excluding hydrogens is 264 g/mol. The lowest BCUT2D eigenvalue weighted by Gasteiger charge is -2.20. The third kappa shape index (κ3) is 5.55. The summed E-state index contributed by atoms with van der Waals surface area (Å²) in [6.45, 7) is 4.95. The number of aromatic hydroxyl groups is 1. The summed E-state index contributed by atoms with van der Waals surface area (Å²) in [5.74, 6) is -0.124. The molecule has 0 heterocycles. The quantitative estimate of drug-likeness (QED) is 0.502. The SMILES string of the molecule is CC(C)(C)OC(=O)Nc1cc(CC[N+](=O)[O-])ccc1O. The Morgan fingerprint density at radius 2 is 2.10 bits per heavy atom. The van der Waals surface area contributed by atoms with Crippen molar-refractivity contribution in [2.75, 3.05) is 11.9 Å². The van der Waals surface area contributed by atoms with Crippen LogP contribution in [-0.4, -0.2) is 28.3 Å². The molecular formula is C13H18N2O5. The number of nitrogens with zero attached hydrogens (tertiary/aromatic N) is 1. The summed E-state index contributed by atoms with van der Waals surface area (Å²) in [5, 5.41) is 22.4. The van der Waals surface area contributed by atoms with Gasteiger partial charge in [0, 0.05) is 11.3 Å². The lowest BCUT2D eigenvalue weighted by atomic mass is 10.1. The topological polar surface area (TPSA) is 102 Å². The van der Waals surface area contributed by atoms with Gasteiger partial charge in [0.25, 0.3) is 0 Å². The van der Waals surface area contributed by atoms with E-state index in [0.29, 0.717) is 5.56 Å². The Balaban J connectivity index is 2.76. The average Bonchev–Trinajstić information content (AvgIpc) is 2.27. The number of hydrogen-bond donors (Lipinski definition) is 2. The van der Waals surface area contributed by atoms with Crippen molar-refractivity contribution in [2.24, 2.45) is 0 Å². The van der Waals surface area contributed by atoms with Gasteiger partial charge in [-0.25, -0.2) is 4.79 Å². The molecule has 0 radical (unpaired) electrons. The van der Waals surface area contributed by atoms with Gasteiger partial charge in [-0.05, 0) is 38.5 Å². The zero-order valence-electron chi connectivity index (χ0n) is 11.7. The van der Waals surface area contributed by atoms with E-state index in [9.17, 15) is 20.0 Å². The molecule has 0 saturated heterocycles. The lowest BCUT2D eigenvalue weighted by Crippen LogP contribution is -2.27. The van der Waals surface area contributed by atoms with Gasteiger partial charge in [0.2, 0.25) is 6.54 Å². The Hall–Kier alpha value is -2.31. The summed E-state index contributed by atoms with van der Waals surface area (Å²) in [6, 6.07) is 4.43. The van der Waals surface area contributed by atoms with Crippen LogP contribution in [0.2, 0.25) is 0 Å². The number of nitro groups is 1. The molecule has 0 aliphatic carbocycles. The van der Waals surface area contributed by atoms with E-state index in [2.05, 4.69) is 5.32 Å². The first kappa shape index (κ1) is 15.7. The highest BCUT2D eigenvalue weighted by molar-refractivity contribution is 5.87. The molecule has 110 valence electrons. The molecule has 0 spiro atoms. The average molecular weight is 282 g/mol. The standard InChI is InChI=1S/C13H18N2O5/c1-13(2,3)20-12(17)14-10-8-9(4-5-11(10)16)6-7-15(18)19/h4-5,8,16H,6-7H2,1-3H3,(H,14,17). The van der Waals surface area contributed by atoms with E-state index in [1.165, 1.54) is 12.1 Å². The zero-order chi connectivity index (χ0) is 15.3. The fraction of sp³-hybridized carbons (Fsp3) is 0.462. The Morgan fingerprint density at radius 1 is 1.45 bits per heavy atom. The van der Waals surface area contributed by atoms with Crippen molar-refractivity contribution in [1.29, 1.82) is 0 Å². The maximum Gasteiger partial charge on any atom is 0.412 e. The third-order valence-corrected chi connectivity index (χ3v) is 2.28. The van der Waals surface area contributed by atoms with Gasteiger partial charge in [0.15, 0.2) is 0 Å². The Morgan fingerprint density at radius 3 is 2.65 bits per heavy atom. The van der Waals surface area contributed by atoms with Crippen LogP contribution in [0, 0.1) is 10.1 Å². The van der Waals surface area contributed by atoms with Crippen molar-refractivity contribution in [3.63, 3.8) is 0 Å². The highest BCUT2D eigenvalue weighted by Gasteiger charge is 2.17. The molecule has 1 aromatic rings. The number of phenolic OH excluding ortho intramolecular Hbond substituents is 1. The monoisotopic (exact) mass is 282 g/mol. The number of ether oxygens (including phenoxy) is 1. The molecule has 0 unspecified atom stereocenters. The van der Waals surface area contributed by atoms with Crippen LogP contribution in [0.4, 0.5) is 10.5 Å². The Bertz CT molecular complexity index is 508. The molecule has 20 heavy (non-hydrogen) atoms. The first-order valence-electron chi connectivity index (χ1n) is 6.11. The van der Waals surface area contributed by atoms with E-state index in [-0.39, 0.29) is 24.4 Å². The minimum absolute atomic E-state index is 0.124. The van der Waals surface area contributed by atoms with Crippen LogP contribution >= 0.6 is 0 Å². The van der Waals surface area contributed by atoms with Gasteiger partial charge in [0.1, 0.15) is 11.4 Å². The lowest BCUT2D eigenvalue weighted by molar-refractivity contribution is -0.479. The van der Waals surface area contributed by atoms with Crippen molar-refractivity contribution in [1.82, 2.24) is 0 Å². The fourth-order valence-electron chi connectivity index (χ4n) is 1.47. The Kier molecular flexibility index (Phi) is 4.90.